The number of benzene rings is 1. The molecule has 14 N–H and O–H groups in total. The van der Waals surface area contributed by atoms with E-state index in [0.717, 1.165) is 4.90 Å². The summed E-state index contributed by atoms with van der Waals surface area (Å²) in [5.74, 6) is -7.48. The van der Waals surface area contributed by atoms with Crippen molar-refractivity contribution in [3.8, 4) is 5.75 Å². The number of aliphatic hydroxyl groups is 2. The highest BCUT2D eigenvalue weighted by atomic mass is 16.5. The number of nitrogens with two attached hydrogens (primary N) is 1. The second kappa shape index (κ2) is 25.6. The van der Waals surface area contributed by atoms with Crippen LogP contribution >= 0.6 is 0 Å². The number of phenols is 1. The molecular formula is C33H53N9O14. The van der Waals surface area contributed by atoms with Gasteiger partial charge in [0.25, 0.3) is 5.91 Å². The Kier molecular flexibility index (Phi) is 22.2. The number of carbonyl (C=O) groups excluding carboxylic acids is 7. The lowest BCUT2D eigenvalue weighted by atomic mass is 10.0. The number of aromatic hydroxyl groups is 1. The zero-order valence-electron chi connectivity index (χ0n) is 31.1. The summed E-state index contributed by atoms with van der Waals surface area (Å²) in [4.78, 5) is 102. The first kappa shape index (κ1) is 48.6. The van der Waals surface area contributed by atoms with Gasteiger partial charge in [-0.25, -0.2) is 15.3 Å². The van der Waals surface area contributed by atoms with E-state index in [0.29, 0.717) is 5.06 Å². The number of amides is 7. The molecule has 314 valence electrons. The van der Waals surface area contributed by atoms with Gasteiger partial charge in [0.05, 0.1) is 24.8 Å². The number of hydroxylamine groups is 3. The fourth-order valence-electron chi connectivity index (χ4n) is 5.15. The summed E-state index contributed by atoms with van der Waals surface area (Å²) >= 11 is 0. The molecule has 0 fully saturated rings. The highest BCUT2D eigenvalue weighted by molar-refractivity contribution is 6.00. The summed E-state index contributed by atoms with van der Waals surface area (Å²) in [5.41, 5.74) is 7.33. The Bertz CT molecular complexity index is 1480. The van der Waals surface area contributed by atoms with Crippen LogP contribution in [0.1, 0.15) is 55.8 Å². The van der Waals surface area contributed by atoms with Gasteiger partial charge in [-0.3, -0.25) is 38.8 Å². The maximum Gasteiger partial charge on any atom is 0.326 e. The molecule has 0 saturated heterocycles. The molecular weight excluding hydrogens is 746 g/mol. The first-order chi connectivity index (χ1) is 26.5. The zero-order chi connectivity index (χ0) is 42.4. The van der Waals surface area contributed by atoms with Crippen LogP contribution in [0.5, 0.6) is 5.75 Å². The van der Waals surface area contributed by atoms with Crippen molar-refractivity contribution in [2.45, 2.75) is 81.8 Å². The fraction of sp³-hybridized carbons (Fsp3) is 0.576. The Morgan fingerprint density at radius 3 is 2.09 bits per heavy atom. The maximum atomic E-state index is 13.7. The minimum absolute atomic E-state index is 0.00416. The molecule has 0 spiro atoms. The number of rotatable bonds is 27. The SMILES string of the molecule is C[C@@H](O)[C@@H](NC(=O)CNC(=O)[C@H](CO)NC(=O)c1ccccc1O)C(=O)N(C)[C@@H](CCCNO)C(=O)N[C@@H](CCCN)C(=O)N[C@@H](CCCN(O)C=O)C(=O)O. The number of para-hydroxylation sites is 1. The van der Waals surface area contributed by atoms with E-state index in [-0.39, 0.29) is 75.9 Å². The van der Waals surface area contributed by atoms with Crippen molar-refractivity contribution < 1.29 is 69.2 Å². The van der Waals surface area contributed by atoms with Crippen LogP contribution < -0.4 is 37.8 Å². The average Bonchev–Trinajstić information content (AvgIpc) is 3.16. The van der Waals surface area contributed by atoms with Crippen LogP contribution in [0.3, 0.4) is 0 Å². The Morgan fingerprint density at radius 2 is 1.52 bits per heavy atom. The van der Waals surface area contributed by atoms with Crippen LogP contribution in [0.2, 0.25) is 0 Å². The number of phenolic OH excluding ortho intramolecular Hbond substituents is 1. The summed E-state index contributed by atoms with van der Waals surface area (Å²) in [5, 5.41) is 69.7. The molecule has 6 atom stereocenters. The van der Waals surface area contributed by atoms with Gasteiger partial charge in [-0.2, -0.15) is 0 Å². The molecule has 7 amide bonds. The molecule has 0 aromatic heterocycles. The lowest BCUT2D eigenvalue weighted by Gasteiger charge is -2.33. The number of hydrogen-bond donors (Lipinski definition) is 13. The second-order valence-electron chi connectivity index (χ2n) is 12.5. The fourth-order valence-corrected chi connectivity index (χ4v) is 5.15. The van der Waals surface area contributed by atoms with Gasteiger partial charge in [-0.1, -0.05) is 12.1 Å². The first-order valence-electron chi connectivity index (χ1n) is 17.6. The predicted molar refractivity (Wildman–Crippen MR) is 192 cm³/mol. The topological polar surface area (TPSA) is 363 Å². The van der Waals surface area contributed by atoms with Gasteiger partial charge in [0, 0.05) is 20.1 Å². The highest BCUT2D eigenvalue weighted by Gasteiger charge is 2.36. The summed E-state index contributed by atoms with van der Waals surface area (Å²) in [6.45, 7) is -0.666. The molecule has 0 saturated carbocycles. The average molecular weight is 800 g/mol. The highest BCUT2D eigenvalue weighted by Crippen LogP contribution is 2.15. The number of aliphatic hydroxyl groups excluding tert-OH is 2. The van der Waals surface area contributed by atoms with Crippen molar-refractivity contribution in [2.24, 2.45) is 5.73 Å². The number of carboxylic acid groups (broad SMARTS) is 1. The normalized spacial score (nSPS) is 14.1. The third-order valence-corrected chi connectivity index (χ3v) is 8.27. The molecule has 0 aliphatic carbocycles. The van der Waals surface area contributed by atoms with Gasteiger partial charge in [-0.05, 0) is 64.1 Å². The van der Waals surface area contributed by atoms with Crippen LogP contribution in [-0.2, 0) is 33.6 Å². The predicted octanol–water partition coefficient (Wildman–Crippen LogP) is -4.53. The molecule has 0 radical (unpaired) electrons. The minimum atomic E-state index is -1.69. The number of likely N-dealkylation sites (N-methyl/N-ethyl adjacent to an activating group) is 1. The summed E-state index contributed by atoms with van der Waals surface area (Å²) in [6, 6.07) is -2.00. The number of hydrogen-bond acceptors (Lipinski definition) is 15. The standard InChI is InChI=1S/C33H53N9O14/c1-19(45)27(40-26(47)16-35-29(49)23(17-43)39-28(48)20-8-3-4-12-25(20)46)32(52)41(2)24(11-6-14-36-55)31(51)37-21(9-5-13-34)30(50)38-22(33(53)54)10-7-15-42(56)18-44/h3-4,8,12,18-19,21-24,27,36,43,45-46,55-56H,5-7,9-11,13-17,34H2,1-2H3,(H,35,49)(H,37,51)(H,38,50)(H,39,48)(H,40,47)(H,53,54)/t19-,21+,22+,23+,24+,27-/m1/s1. The molecule has 1 aromatic carbocycles. The smallest absolute Gasteiger partial charge is 0.326 e. The van der Waals surface area contributed by atoms with E-state index in [9.17, 15) is 64.0 Å². The van der Waals surface area contributed by atoms with Crippen LogP contribution in [-0.4, -0.2) is 165 Å². The number of carbonyl (C=O) groups is 8. The monoisotopic (exact) mass is 799 g/mol. The molecule has 0 unspecified atom stereocenters. The minimum Gasteiger partial charge on any atom is -0.507 e. The molecule has 0 aliphatic rings. The van der Waals surface area contributed by atoms with Crippen LogP contribution in [0.25, 0.3) is 0 Å². The quantitative estimate of drug-likeness (QED) is 0.0173. The van der Waals surface area contributed by atoms with Gasteiger partial charge in [0.2, 0.25) is 35.9 Å². The van der Waals surface area contributed by atoms with E-state index in [1.54, 1.807) is 0 Å². The number of nitrogens with one attached hydrogen (secondary N) is 6. The second-order valence-corrected chi connectivity index (χ2v) is 12.5. The Balaban J connectivity index is 3.09. The molecule has 23 heteroatoms. The first-order valence-corrected chi connectivity index (χ1v) is 17.6. The molecule has 1 aromatic rings. The van der Waals surface area contributed by atoms with Crippen molar-refractivity contribution in [2.75, 3.05) is 39.8 Å². The van der Waals surface area contributed by atoms with E-state index in [2.05, 4.69) is 26.6 Å². The van der Waals surface area contributed by atoms with Crippen LogP contribution in [0, 0.1) is 0 Å². The lowest BCUT2D eigenvalue weighted by Crippen LogP contribution is -2.60. The van der Waals surface area contributed by atoms with Crippen molar-refractivity contribution in [3.05, 3.63) is 29.8 Å². The van der Waals surface area contributed by atoms with Gasteiger partial charge in [0.1, 0.15) is 36.0 Å². The van der Waals surface area contributed by atoms with E-state index in [4.69, 9.17) is 10.9 Å². The maximum absolute atomic E-state index is 13.7. The zero-order valence-corrected chi connectivity index (χ0v) is 31.1. The van der Waals surface area contributed by atoms with Crippen molar-refractivity contribution >= 4 is 47.8 Å². The summed E-state index contributed by atoms with van der Waals surface area (Å²) in [7, 11) is 1.18. The number of carboxylic acids is 1. The molecule has 23 nitrogen and oxygen atoms in total. The Morgan fingerprint density at radius 1 is 0.875 bits per heavy atom. The third-order valence-electron chi connectivity index (χ3n) is 8.27. The summed E-state index contributed by atoms with van der Waals surface area (Å²) in [6.07, 6.45) is -1.49. The Labute approximate surface area is 321 Å². The van der Waals surface area contributed by atoms with Crippen molar-refractivity contribution in [3.63, 3.8) is 0 Å². The van der Waals surface area contributed by atoms with Gasteiger partial charge >= 0.3 is 5.97 Å². The van der Waals surface area contributed by atoms with Crippen molar-refractivity contribution in [1.29, 1.82) is 0 Å². The Hall–Kier alpha value is -5.46. The van der Waals surface area contributed by atoms with Gasteiger partial charge < -0.3 is 62.9 Å². The third kappa shape index (κ3) is 16.5. The van der Waals surface area contributed by atoms with E-state index < -0.39 is 90.9 Å². The van der Waals surface area contributed by atoms with Crippen molar-refractivity contribution in [1.82, 2.24) is 42.0 Å². The van der Waals surface area contributed by atoms with E-state index in [1.165, 1.54) is 38.2 Å². The molecule has 0 heterocycles. The van der Waals surface area contributed by atoms with Crippen LogP contribution in [0.15, 0.2) is 24.3 Å². The van der Waals surface area contributed by atoms with E-state index >= 15 is 0 Å². The molecule has 0 aliphatic heterocycles. The van der Waals surface area contributed by atoms with Gasteiger partial charge in [-0.15, -0.1) is 0 Å². The van der Waals surface area contributed by atoms with Crippen LogP contribution in [0.4, 0.5) is 0 Å². The number of nitrogens with zero attached hydrogens (tertiary/aromatic N) is 2. The lowest BCUT2D eigenvalue weighted by molar-refractivity contribution is -0.150. The van der Waals surface area contributed by atoms with Gasteiger partial charge in [0.15, 0.2) is 0 Å². The number of aliphatic carboxylic acids is 1. The molecule has 1 rings (SSSR count). The van der Waals surface area contributed by atoms with E-state index in [1.807, 2.05) is 5.48 Å². The summed E-state index contributed by atoms with van der Waals surface area (Å²) < 4.78 is 0. The largest absolute Gasteiger partial charge is 0.507 e. The molecule has 0 bridgehead atoms. The molecule has 56 heavy (non-hydrogen) atoms.